The average Bonchev–Trinajstić information content (AvgIpc) is 1.76. The summed E-state index contributed by atoms with van der Waals surface area (Å²) >= 11 is 4.04. The lowest BCUT2D eigenvalue weighted by Gasteiger charge is -2.31. The smallest absolute Gasteiger partial charge is 0.326 e. The van der Waals surface area contributed by atoms with Crippen molar-refractivity contribution >= 4 is 125 Å². The second-order valence-electron chi connectivity index (χ2n) is 23.8. The van der Waals surface area contributed by atoms with Gasteiger partial charge in [-0.25, -0.2) is 4.79 Å². The molecule has 0 radical (unpaired) electrons. The Hall–Kier alpha value is -10.1. The van der Waals surface area contributed by atoms with Crippen LogP contribution in [0.2, 0.25) is 0 Å². The zero-order chi connectivity index (χ0) is 76.4. The van der Waals surface area contributed by atoms with Gasteiger partial charge in [0.25, 0.3) is 0 Å². The first kappa shape index (κ1) is 87.0. The molecule has 2 heterocycles. The first-order chi connectivity index (χ1) is 47.5. The molecule has 2 rings (SSSR count). The number of amides is 14. The highest BCUT2D eigenvalue weighted by atomic mass is 32.1. The number of aliphatic hydroxyl groups is 3. The van der Waals surface area contributed by atoms with Crippen LogP contribution >= 0.6 is 12.6 Å². The first-order valence-corrected chi connectivity index (χ1v) is 32.5. The van der Waals surface area contributed by atoms with E-state index in [1.54, 1.807) is 13.8 Å². The summed E-state index contributed by atoms with van der Waals surface area (Å²) in [5.74, 6) is -23.9. The molecular weight excluding hydrogens is 1370 g/mol. The van der Waals surface area contributed by atoms with Crippen LogP contribution in [0.3, 0.4) is 0 Å². The van der Waals surface area contributed by atoms with Gasteiger partial charge >= 0.3 is 23.9 Å². The Kier molecular flexibility index (Phi) is 38.0. The number of likely N-dealkylation sites (tertiary alicyclic amines) is 1. The quantitative estimate of drug-likeness (QED) is 0.0116. The maximum absolute atomic E-state index is 14.1. The van der Waals surface area contributed by atoms with E-state index >= 15 is 0 Å². The van der Waals surface area contributed by atoms with E-state index < -0.39 is 249 Å². The SMILES string of the molecule is CC(C)C[C@H](NC(=O)[C@H](CC(=O)O)NC(=O)[C@H](CS)NC(=O)[C@H](CO)NC(=O)[C@H](CC(N)=O)NC(=O)[C@H](CO)NC(=O)[C@H](CO)NC(=O)[C@H](CC(=O)O)NC(=O)[C@H](CCCNC(=N)N)NC(=O)[C@H](CCCCN)NC(=O)[C@@H]1CCC(=O)N1)C(=O)N1CCC[C@H]1C(=O)N[C@@H](CCC(=O)O)C(=O)O. The van der Waals surface area contributed by atoms with Crippen LogP contribution in [0.5, 0.6) is 0 Å². The Bertz CT molecular complexity index is 3020. The fourth-order valence-electron chi connectivity index (χ4n) is 10.0. The number of nitrogens with one attached hydrogen (secondary N) is 14. The molecule has 0 aromatic rings. The van der Waals surface area contributed by atoms with Gasteiger partial charge in [0.2, 0.25) is 82.7 Å². The second kappa shape index (κ2) is 44.1. The molecule has 2 aliphatic heterocycles. The molecule has 2 fully saturated rings. The lowest BCUT2D eigenvalue weighted by Crippen LogP contribution is -2.62. The number of primary amides is 1. The van der Waals surface area contributed by atoms with E-state index in [1.807, 2.05) is 21.3 Å². The molecule has 0 aliphatic carbocycles. The van der Waals surface area contributed by atoms with Crippen molar-refractivity contribution in [3.63, 3.8) is 0 Å². The van der Waals surface area contributed by atoms with Crippen LogP contribution in [0.25, 0.3) is 0 Å². The number of guanidine groups is 1. The molecule has 2 aliphatic rings. The van der Waals surface area contributed by atoms with Gasteiger partial charge in [0, 0.05) is 31.7 Å². The molecule has 0 bridgehead atoms. The van der Waals surface area contributed by atoms with Crippen LogP contribution in [0, 0.1) is 11.3 Å². The van der Waals surface area contributed by atoms with Gasteiger partial charge in [0.1, 0.15) is 78.5 Å². The molecule has 2 saturated heterocycles. The van der Waals surface area contributed by atoms with Crippen LogP contribution in [-0.2, 0) is 86.3 Å². The number of nitrogens with two attached hydrogens (primary N) is 3. The van der Waals surface area contributed by atoms with Gasteiger partial charge in [-0.05, 0) is 76.7 Å². The van der Waals surface area contributed by atoms with Crippen molar-refractivity contribution in [2.45, 2.75) is 189 Å². The molecule has 0 saturated carbocycles. The summed E-state index contributed by atoms with van der Waals surface area (Å²) < 4.78 is 0. The van der Waals surface area contributed by atoms with Crippen molar-refractivity contribution in [3.05, 3.63) is 0 Å². The standard InChI is InChI=1S/C57H92N18O25S/c1-25(2)17-33(55(98)75-16-6-9-38(75)54(97)66-29(56(99)100)11-13-41(81)82)70-48(91)31(19-42(83)84)69-53(96)37(24-101)74-52(95)36(23-78)71-47(90)30(18-39(59)79)67-50(93)34(21-76)73-51(94)35(22-77)72-49(92)32(20-43(85)86)68-45(88)27(8-5-15-62-57(60)61)65-44(87)26(7-3-4-14-58)64-46(89)28-10-12-40(80)63-28/h25-38,76-78,101H,3-24,58H2,1-2H3,(H2,59,79)(H,63,80)(H,64,89)(H,65,87)(H,66,97)(H,67,93)(H,68,88)(H,69,96)(H,70,91)(H,71,90)(H,72,92)(H,73,94)(H,74,95)(H,81,82)(H,83,84)(H,85,86)(H,99,100)(H4,60,61,62)/t26-,27-,28-,29-,30-,31-,32-,33-,34-,35-,36-,37-,38-/m0/s1. The van der Waals surface area contributed by atoms with Gasteiger partial charge in [-0.1, -0.05) is 13.8 Å². The number of unbranched alkanes of at least 4 members (excludes halogenated alkanes) is 1. The number of carboxylic acid groups (broad SMARTS) is 4. The topological polar surface area (TPSA) is 710 Å². The molecule has 27 N–H and O–H groups in total. The monoisotopic (exact) mass is 1460 g/mol. The number of carbonyl (C=O) groups excluding carboxylic acids is 14. The maximum Gasteiger partial charge on any atom is 0.326 e. The first-order valence-electron chi connectivity index (χ1n) is 31.8. The third-order valence-electron chi connectivity index (χ3n) is 15.3. The van der Waals surface area contributed by atoms with E-state index in [0.717, 1.165) is 4.90 Å². The molecule has 0 aromatic carbocycles. The molecule has 101 heavy (non-hydrogen) atoms. The molecule has 13 atom stereocenters. The summed E-state index contributed by atoms with van der Waals surface area (Å²) in [6, 6.07) is -22.7. The minimum atomic E-state index is -2.15. The van der Waals surface area contributed by atoms with Gasteiger partial charge in [-0.2, -0.15) is 12.6 Å². The lowest BCUT2D eigenvalue weighted by atomic mass is 10.0. The summed E-state index contributed by atoms with van der Waals surface area (Å²) in [6.07, 6.45) is -3.82. The van der Waals surface area contributed by atoms with Gasteiger partial charge < -0.3 is 127 Å². The third-order valence-corrected chi connectivity index (χ3v) is 15.6. The number of rotatable bonds is 47. The molecule has 0 unspecified atom stereocenters. The summed E-state index contributed by atoms with van der Waals surface area (Å²) in [4.78, 5) is 236. The maximum atomic E-state index is 14.1. The molecule has 44 heteroatoms. The minimum absolute atomic E-state index is 0.00683. The van der Waals surface area contributed by atoms with Gasteiger partial charge in [-0.3, -0.25) is 86.9 Å². The summed E-state index contributed by atoms with van der Waals surface area (Å²) in [5.41, 5.74) is 16.3. The van der Waals surface area contributed by atoms with Gasteiger partial charge in [-0.15, -0.1) is 0 Å². The zero-order valence-corrected chi connectivity index (χ0v) is 56.1. The van der Waals surface area contributed by atoms with Crippen molar-refractivity contribution in [3.8, 4) is 0 Å². The molecule has 0 spiro atoms. The highest BCUT2D eigenvalue weighted by Gasteiger charge is 2.42. The molecule has 566 valence electrons. The number of nitrogens with zero attached hydrogens (tertiary/aromatic N) is 1. The minimum Gasteiger partial charge on any atom is -0.481 e. The highest BCUT2D eigenvalue weighted by molar-refractivity contribution is 7.80. The molecule has 43 nitrogen and oxygen atoms in total. The van der Waals surface area contributed by atoms with Gasteiger partial charge in [0.05, 0.1) is 39.1 Å². The number of thiol groups is 1. The summed E-state index contributed by atoms with van der Waals surface area (Å²) in [5, 5.41) is 105. The van der Waals surface area contributed by atoms with Crippen LogP contribution in [0.4, 0.5) is 0 Å². The van der Waals surface area contributed by atoms with E-state index in [9.17, 15) is 117 Å². The number of hydrogen-bond acceptors (Lipinski definition) is 24. The third kappa shape index (κ3) is 30.9. The van der Waals surface area contributed by atoms with E-state index in [4.69, 9.17) is 27.7 Å². The lowest BCUT2D eigenvalue weighted by molar-refractivity contribution is -0.146. The molecule has 0 aromatic heterocycles. The molecule has 14 amide bonds. The van der Waals surface area contributed by atoms with Crippen LogP contribution in [0.15, 0.2) is 0 Å². The average molecular weight is 1460 g/mol. The summed E-state index contributed by atoms with van der Waals surface area (Å²) in [7, 11) is 0. The molecular formula is C57H92N18O25S. The van der Waals surface area contributed by atoms with Crippen LogP contribution in [-0.4, -0.2) is 277 Å². The Morgan fingerprint density at radius 1 is 0.525 bits per heavy atom. The Morgan fingerprint density at radius 3 is 1.36 bits per heavy atom. The van der Waals surface area contributed by atoms with Crippen molar-refractivity contribution in [1.82, 2.24) is 74.0 Å². The number of carboxylic acids is 4. The Balaban J connectivity index is 2.28. The van der Waals surface area contributed by atoms with Gasteiger partial charge in [0.15, 0.2) is 5.96 Å². The number of aliphatic hydroxyl groups excluding tert-OH is 3. The van der Waals surface area contributed by atoms with E-state index in [2.05, 4.69) is 60.5 Å². The Labute approximate surface area is 581 Å². The predicted octanol–water partition coefficient (Wildman–Crippen LogP) is -11.3. The predicted molar refractivity (Wildman–Crippen MR) is 347 cm³/mol. The Morgan fingerprint density at radius 2 is 0.941 bits per heavy atom. The fourth-order valence-corrected chi connectivity index (χ4v) is 10.3. The number of carbonyl (C=O) groups is 18. The second-order valence-corrected chi connectivity index (χ2v) is 24.2. The van der Waals surface area contributed by atoms with Crippen LogP contribution in [0.1, 0.15) is 110 Å². The van der Waals surface area contributed by atoms with Crippen LogP contribution < -0.4 is 86.3 Å². The normalized spacial score (nSPS) is 17.2. The number of hydrogen-bond donors (Lipinski definition) is 25. The van der Waals surface area contributed by atoms with Crippen molar-refractivity contribution < 1.29 is 122 Å². The summed E-state index contributed by atoms with van der Waals surface area (Å²) in [6.45, 7) is -0.565. The van der Waals surface area contributed by atoms with Crippen molar-refractivity contribution in [2.75, 3.05) is 45.2 Å². The largest absolute Gasteiger partial charge is 0.481 e. The zero-order valence-electron chi connectivity index (χ0n) is 55.2. The van der Waals surface area contributed by atoms with E-state index in [1.165, 1.54) is 0 Å². The number of aliphatic carboxylic acids is 4. The van der Waals surface area contributed by atoms with Crippen molar-refractivity contribution in [1.29, 1.82) is 5.41 Å². The van der Waals surface area contributed by atoms with Crippen molar-refractivity contribution in [2.24, 2.45) is 23.1 Å². The van der Waals surface area contributed by atoms with E-state index in [0.29, 0.717) is 12.8 Å². The van der Waals surface area contributed by atoms with E-state index in [-0.39, 0.29) is 76.9 Å². The fraction of sp³-hybridized carbons (Fsp3) is 0.667. The highest BCUT2D eigenvalue weighted by Crippen LogP contribution is 2.22.